The highest BCUT2D eigenvalue weighted by atomic mass is 32.2. The van der Waals surface area contributed by atoms with E-state index in [-0.39, 0.29) is 40.3 Å². The Hall–Kier alpha value is -1.93. The van der Waals surface area contributed by atoms with Crippen molar-refractivity contribution < 1.29 is 28.9 Å². The SMILES string of the molecule is CCOC(=O)C(N)CSC(=O)c1cc(OC)c(O)c(OC)c1. The molecule has 0 aliphatic heterocycles. The molecule has 1 atom stereocenters. The van der Waals surface area contributed by atoms with Gasteiger partial charge < -0.3 is 25.1 Å². The maximum absolute atomic E-state index is 12.1. The average Bonchev–Trinajstić information content (AvgIpc) is 2.52. The molecule has 0 bridgehead atoms. The lowest BCUT2D eigenvalue weighted by molar-refractivity contribution is -0.144. The van der Waals surface area contributed by atoms with Crippen LogP contribution in [-0.2, 0) is 9.53 Å². The summed E-state index contributed by atoms with van der Waals surface area (Å²) in [6.45, 7) is 1.91. The predicted octanol–water partition coefficient (Wildman–Crippen LogP) is 1.17. The Balaban J connectivity index is 2.79. The summed E-state index contributed by atoms with van der Waals surface area (Å²) < 4.78 is 14.7. The molecule has 0 saturated heterocycles. The average molecular weight is 329 g/mol. The highest BCUT2D eigenvalue weighted by Gasteiger charge is 2.20. The number of phenols is 1. The van der Waals surface area contributed by atoms with Gasteiger partial charge in [0.05, 0.1) is 20.8 Å². The van der Waals surface area contributed by atoms with Gasteiger partial charge in [0.15, 0.2) is 11.5 Å². The van der Waals surface area contributed by atoms with Crippen LogP contribution in [0, 0.1) is 0 Å². The van der Waals surface area contributed by atoms with E-state index >= 15 is 0 Å². The summed E-state index contributed by atoms with van der Waals surface area (Å²) >= 11 is 0.879. The third-order valence-electron chi connectivity index (χ3n) is 2.70. The molecule has 0 amide bonds. The maximum Gasteiger partial charge on any atom is 0.323 e. The van der Waals surface area contributed by atoms with Crippen molar-refractivity contribution in [2.24, 2.45) is 5.73 Å². The van der Waals surface area contributed by atoms with Crippen LogP contribution in [0.4, 0.5) is 0 Å². The Kier molecular flexibility index (Phi) is 7.00. The second-order valence-corrected chi connectivity index (χ2v) is 5.18. The molecule has 1 unspecified atom stereocenters. The smallest absolute Gasteiger partial charge is 0.323 e. The first-order valence-corrected chi connectivity index (χ1v) is 7.47. The lowest BCUT2D eigenvalue weighted by atomic mass is 10.2. The molecule has 7 nitrogen and oxygen atoms in total. The molecule has 0 aliphatic rings. The summed E-state index contributed by atoms with van der Waals surface area (Å²) in [4.78, 5) is 23.5. The van der Waals surface area contributed by atoms with Crippen LogP contribution >= 0.6 is 11.8 Å². The van der Waals surface area contributed by atoms with Gasteiger partial charge in [-0.05, 0) is 19.1 Å². The number of hydrogen-bond acceptors (Lipinski definition) is 8. The van der Waals surface area contributed by atoms with Gasteiger partial charge in [-0.1, -0.05) is 11.8 Å². The molecule has 122 valence electrons. The van der Waals surface area contributed by atoms with E-state index in [0.717, 1.165) is 11.8 Å². The Morgan fingerprint density at radius 2 is 1.82 bits per heavy atom. The number of phenolic OH excluding ortho intramolecular Hbond substituents is 1. The van der Waals surface area contributed by atoms with Gasteiger partial charge in [-0.15, -0.1) is 0 Å². The molecule has 22 heavy (non-hydrogen) atoms. The fourth-order valence-electron chi connectivity index (χ4n) is 1.58. The summed E-state index contributed by atoms with van der Waals surface area (Å²) in [6.07, 6.45) is 0. The summed E-state index contributed by atoms with van der Waals surface area (Å²) in [5.41, 5.74) is 5.90. The standard InChI is InChI=1S/C14H19NO6S/c1-4-21-13(17)9(15)7-22-14(18)8-5-10(19-2)12(16)11(6-8)20-3/h5-6,9,16H,4,7,15H2,1-3H3. The summed E-state index contributed by atoms with van der Waals surface area (Å²) in [7, 11) is 2.74. The second-order valence-electron chi connectivity index (χ2n) is 4.19. The summed E-state index contributed by atoms with van der Waals surface area (Å²) in [5.74, 6) is -0.405. The van der Waals surface area contributed by atoms with Crippen LogP contribution in [0.25, 0.3) is 0 Å². The van der Waals surface area contributed by atoms with E-state index in [1.807, 2.05) is 0 Å². The minimum atomic E-state index is -0.880. The molecule has 8 heteroatoms. The fourth-order valence-corrected chi connectivity index (χ4v) is 2.33. The van der Waals surface area contributed by atoms with E-state index in [2.05, 4.69) is 0 Å². The van der Waals surface area contributed by atoms with E-state index in [1.165, 1.54) is 26.4 Å². The number of ether oxygens (including phenoxy) is 3. The quantitative estimate of drug-likeness (QED) is 0.718. The third kappa shape index (κ3) is 4.54. The monoisotopic (exact) mass is 329 g/mol. The van der Waals surface area contributed by atoms with Crippen molar-refractivity contribution in [2.75, 3.05) is 26.6 Å². The number of thioether (sulfide) groups is 1. The van der Waals surface area contributed by atoms with E-state index < -0.39 is 12.0 Å². The second kappa shape index (κ2) is 8.50. The highest BCUT2D eigenvalue weighted by molar-refractivity contribution is 8.14. The molecular weight excluding hydrogens is 310 g/mol. The molecule has 1 rings (SSSR count). The van der Waals surface area contributed by atoms with Crippen LogP contribution in [0.5, 0.6) is 17.2 Å². The molecule has 0 fully saturated rings. The van der Waals surface area contributed by atoms with Crippen molar-refractivity contribution in [3.05, 3.63) is 17.7 Å². The Bertz CT molecular complexity index is 523. The van der Waals surface area contributed by atoms with E-state index in [4.69, 9.17) is 19.9 Å². The van der Waals surface area contributed by atoms with Crippen molar-refractivity contribution in [3.8, 4) is 17.2 Å². The number of aromatic hydroxyl groups is 1. The highest BCUT2D eigenvalue weighted by Crippen LogP contribution is 2.37. The zero-order valence-corrected chi connectivity index (χ0v) is 13.4. The summed E-state index contributed by atoms with van der Waals surface area (Å²) in [5, 5.41) is 9.47. The van der Waals surface area contributed by atoms with Gasteiger partial charge in [0.2, 0.25) is 10.9 Å². The lowest BCUT2D eigenvalue weighted by Gasteiger charge is -2.12. The first-order chi connectivity index (χ1) is 10.4. The van der Waals surface area contributed by atoms with Gasteiger partial charge in [0, 0.05) is 11.3 Å². The van der Waals surface area contributed by atoms with Gasteiger partial charge in [-0.25, -0.2) is 0 Å². The Morgan fingerprint density at radius 1 is 1.27 bits per heavy atom. The molecule has 0 saturated carbocycles. The first kappa shape index (κ1) is 18.1. The Labute approximate surface area is 132 Å². The van der Waals surface area contributed by atoms with Gasteiger partial charge in [0.25, 0.3) is 0 Å². The van der Waals surface area contributed by atoms with Crippen LogP contribution in [0.2, 0.25) is 0 Å². The molecular formula is C14H19NO6S. The number of benzene rings is 1. The molecule has 1 aromatic carbocycles. The van der Waals surface area contributed by atoms with Crippen LogP contribution < -0.4 is 15.2 Å². The first-order valence-electron chi connectivity index (χ1n) is 6.48. The number of esters is 1. The van der Waals surface area contributed by atoms with Gasteiger partial charge in [-0.2, -0.15) is 0 Å². The minimum absolute atomic E-state index is 0.0865. The maximum atomic E-state index is 12.1. The van der Waals surface area contributed by atoms with Crippen molar-refractivity contribution in [1.29, 1.82) is 0 Å². The molecule has 0 aromatic heterocycles. The van der Waals surface area contributed by atoms with E-state index in [0.29, 0.717) is 0 Å². The minimum Gasteiger partial charge on any atom is -0.502 e. The molecule has 1 aromatic rings. The number of carbonyl (C=O) groups is 2. The van der Waals surface area contributed by atoms with Crippen LogP contribution in [0.3, 0.4) is 0 Å². The zero-order chi connectivity index (χ0) is 16.7. The number of rotatable bonds is 7. The van der Waals surface area contributed by atoms with Crippen molar-refractivity contribution in [2.45, 2.75) is 13.0 Å². The van der Waals surface area contributed by atoms with Crippen molar-refractivity contribution in [3.63, 3.8) is 0 Å². The van der Waals surface area contributed by atoms with Crippen LogP contribution in [-0.4, -0.2) is 48.8 Å². The van der Waals surface area contributed by atoms with Crippen LogP contribution in [0.15, 0.2) is 12.1 Å². The van der Waals surface area contributed by atoms with E-state index in [1.54, 1.807) is 6.92 Å². The fraction of sp³-hybridized carbons (Fsp3) is 0.429. The topological polar surface area (TPSA) is 108 Å². The molecule has 0 radical (unpaired) electrons. The number of hydrogen-bond donors (Lipinski definition) is 2. The number of carbonyl (C=O) groups excluding carboxylic acids is 2. The Morgan fingerprint density at radius 3 is 2.27 bits per heavy atom. The summed E-state index contributed by atoms with van der Waals surface area (Å²) in [6, 6.07) is 1.90. The van der Waals surface area contributed by atoms with Gasteiger partial charge in [0.1, 0.15) is 6.04 Å². The lowest BCUT2D eigenvalue weighted by Crippen LogP contribution is -2.35. The molecule has 3 N–H and O–H groups in total. The molecule has 0 spiro atoms. The van der Waals surface area contributed by atoms with Crippen molar-refractivity contribution >= 4 is 22.8 Å². The van der Waals surface area contributed by atoms with Crippen LogP contribution in [0.1, 0.15) is 17.3 Å². The zero-order valence-electron chi connectivity index (χ0n) is 12.6. The number of methoxy groups -OCH3 is 2. The molecule has 0 heterocycles. The van der Waals surface area contributed by atoms with Gasteiger partial charge >= 0.3 is 5.97 Å². The third-order valence-corrected chi connectivity index (χ3v) is 3.72. The normalized spacial score (nSPS) is 11.6. The van der Waals surface area contributed by atoms with E-state index in [9.17, 15) is 14.7 Å². The predicted molar refractivity (Wildman–Crippen MR) is 82.6 cm³/mol. The largest absolute Gasteiger partial charge is 0.502 e. The van der Waals surface area contributed by atoms with Crippen molar-refractivity contribution in [1.82, 2.24) is 0 Å². The van der Waals surface area contributed by atoms with Gasteiger partial charge in [-0.3, -0.25) is 9.59 Å². The number of nitrogens with two attached hydrogens (primary N) is 1. The molecule has 0 aliphatic carbocycles.